The van der Waals surface area contributed by atoms with Crippen LogP contribution in [-0.2, 0) is 0 Å². The van der Waals surface area contributed by atoms with Crippen LogP contribution in [0.4, 0.5) is 5.82 Å². The molecule has 0 saturated carbocycles. The lowest BCUT2D eigenvalue weighted by Gasteiger charge is -2.09. The Hall–Kier alpha value is -0.320. The molecule has 0 aromatic carbocycles. The first-order valence-electron chi connectivity index (χ1n) is 5.29. The third kappa shape index (κ3) is 4.68. The van der Waals surface area contributed by atoms with Crippen LogP contribution < -0.4 is 5.32 Å². The molecule has 0 bridgehead atoms. The maximum absolute atomic E-state index is 8.87. The summed E-state index contributed by atoms with van der Waals surface area (Å²) in [6, 6.07) is 1.81. The summed E-state index contributed by atoms with van der Waals surface area (Å²) in [6.07, 6.45) is 3.64. The highest BCUT2D eigenvalue weighted by molar-refractivity contribution is 9.10. The molecule has 1 aromatic heterocycles. The van der Waals surface area contributed by atoms with E-state index < -0.39 is 0 Å². The Labute approximate surface area is 109 Å². The van der Waals surface area contributed by atoms with Gasteiger partial charge in [0.05, 0.1) is 9.50 Å². The number of rotatable bonds is 6. The predicted molar refractivity (Wildman–Crippen MR) is 70.9 cm³/mol. The topological polar surface area (TPSA) is 45.1 Å². The maximum Gasteiger partial charge on any atom is 0.140 e. The van der Waals surface area contributed by atoms with E-state index in [0.717, 1.165) is 29.7 Å². The third-order valence-corrected chi connectivity index (χ3v) is 3.10. The smallest absolute Gasteiger partial charge is 0.140 e. The van der Waals surface area contributed by atoms with Gasteiger partial charge < -0.3 is 10.4 Å². The minimum atomic E-state index is 0.253. The van der Waals surface area contributed by atoms with E-state index in [4.69, 9.17) is 16.7 Å². The van der Waals surface area contributed by atoms with E-state index in [1.54, 1.807) is 6.20 Å². The molecule has 0 aliphatic carbocycles. The van der Waals surface area contributed by atoms with Crippen molar-refractivity contribution in [2.24, 2.45) is 5.92 Å². The number of aliphatic hydroxyl groups is 1. The number of halogens is 2. The van der Waals surface area contributed by atoms with Crippen molar-refractivity contribution < 1.29 is 5.11 Å². The van der Waals surface area contributed by atoms with Crippen LogP contribution in [0, 0.1) is 5.92 Å². The first kappa shape index (κ1) is 13.7. The summed E-state index contributed by atoms with van der Waals surface area (Å²) < 4.78 is 0.871. The summed E-state index contributed by atoms with van der Waals surface area (Å²) >= 11 is 9.18. The molecule has 16 heavy (non-hydrogen) atoms. The fourth-order valence-corrected chi connectivity index (χ4v) is 2.07. The predicted octanol–water partition coefficient (Wildman–Crippen LogP) is 3.32. The summed E-state index contributed by atoms with van der Waals surface area (Å²) in [7, 11) is 0. The molecule has 90 valence electrons. The average molecular weight is 308 g/mol. The average Bonchev–Trinajstić information content (AvgIpc) is 2.26. The van der Waals surface area contributed by atoms with Gasteiger partial charge in [0.25, 0.3) is 0 Å². The van der Waals surface area contributed by atoms with Crippen molar-refractivity contribution >= 4 is 33.3 Å². The van der Waals surface area contributed by atoms with Crippen LogP contribution in [0.3, 0.4) is 0 Å². The van der Waals surface area contributed by atoms with Crippen LogP contribution in [0.5, 0.6) is 0 Å². The Morgan fingerprint density at radius 1 is 1.62 bits per heavy atom. The molecule has 1 rings (SSSR count). The molecule has 0 aliphatic rings. The Morgan fingerprint density at radius 3 is 3.00 bits per heavy atom. The van der Waals surface area contributed by atoms with E-state index in [0.29, 0.717) is 10.9 Å². The second-order valence-corrected chi connectivity index (χ2v) is 5.13. The Morgan fingerprint density at radius 2 is 2.38 bits per heavy atom. The van der Waals surface area contributed by atoms with Crippen molar-refractivity contribution in [1.29, 1.82) is 0 Å². The number of aliphatic hydroxyl groups excluding tert-OH is 1. The minimum absolute atomic E-state index is 0.253. The quantitative estimate of drug-likeness (QED) is 0.793. The highest BCUT2D eigenvalue weighted by Gasteiger charge is 2.02. The van der Waals surface area contributed by atoms with Crippen LogP contribution in [0.2, 0.25) is 5.02 Å². The second kappa shape index (κ2) is 7.09. The second-order valence-electron chi connectivity index (χ2n) is 3.84. The number of anilines is 1. The zero-order chi connectivity index (χ0) is 12.0. The molecule has 1 unspecified atom stereocenters. The van der Waals surface area contributed by atoms with Gasteiger partial charge in [0.2, 0.25) is 0 Å². The van der Waals surface area contributed by atoms with Crippen LogP contribution in [0.1, 0.15) is 19.8 Å². The molecule has 0 amide bonds. The summed E-state index contributed by atoms with van der Waals surface area (Å²) in [6.45, 7) is 3.14. The molecule has 0 radical (unpaired) electrons. The van der Waals surface area contributed by atoms with E-state index >= 15 is 0 Å². The summed E-state index contributed by atoms with van der Waals surface area (Å²) in [5.41, 5.74) is 0. The van der Waals surface area contributed by atoms with Gasteiger partial charge in [-0.1, -0.05) is 18.5 Å². The van der Waals surface area contributed by atoms with Crippen LogP contribution >= 0.6 is 27.5 Å². The summed E-state index contributed by atoms with van der Waals surface area (Å²) in [5.74, 6) is 1.17. The van der Waals surface area contributed by atoms with Crippen molar-refractivity contribution in [3.63, 3.8) is 0 Å². The van der Waals surface area contributed by atoms with E-state index in [9.17, 15) is 0 Å². The number of nitrogens with zero attached hydrogens (tertiary/aromatic N) is 1. The van der Waals surface area contributed by atoms with Crippen molar-refractivity contribution in [3.8, 4) is 0 Å². The standard InChI is InChI=1S/C11H16BrClN2O/c1-8(7-16)3-2-4-14-11-10(12)5-9(13)6-15-11/h5-6,8,16H,2-4,7H2,1H3,(H,14,15). The molecule has 0 aliphatic heterocycles. The normalized spacial score (nSPS) is 12.5. The molecule has 1 aromatic rings. The highest BCUT2D eigenvalue weighted by atomic mass is 79.9. The lowest BCUT2D eigenvalue weighted by Crippen LogP contribution is -2.07. The van der Waals surface area contributed by atoms with Crippen LogP contribution in [0.25, 0.3) is 0 Å². The molecule has 2 N–H and O–H groups in total. The van der Waals surface area contributed by atoms with E-state index in [1.165, 1.54) is 0 Å². The molecule has 5 heteroatoms. The fourth-order valence-electron chi connectivity index (χ4n) is 1.29. The Bertz CT molecular complexity index is 336. The van der Waals surface area contributed by atoms with Crippen molar-refractivity contribution in [1.82, 2.24) is 4.98 Å². The SMILES string of the molecule is CC(CO)CCCNc1ncc(Cl)cc1Br. The zero-order valence-electron chi connectivity index (χ0n) is 9.21. The molecule has 0 fully saturated rings. The number of nitrogens with one attached hydrogen (secondary N) is 1. The van der Waals surface area contributed by atoms with Crippen molar-refractivity contribution in [3.05, 3.63) is 21.8 Å². The van der Waals surface area contributed by atoms with Gasteiger partial charge in [0.15, 0.2) is 0 Å². The molecule has 3 nitrogen and oxygen atoms in total. The molecule has 1 heterocycles. The van der Waals surface area contributed by atoms with Gasteiger partial charge >= 0.3 is 0 Å². The molecular formula is C11H16BrClN2O. The monoisotopic (exact) mass is 306 g/mol. The molecule has 1 atom stereocenters. The lowest BCUT2D eigenvalue weighted by atomic mass is 10.1. The Balaban J connectivity index is 2.32. The number of hydrogen-bond acceptors (Lipinski definition) is 3. The van der Waals surface area contributed by atoms with Gasteiger partial charge in [0.1, 0.15) is 5.82 Å². The Kier molecular flexibility index (Phi) is 6.09. The zero-order valence-corrected chi connectivity index (χ0v) is 11.6. The van der Waals surface area contributed by atoms with Crippen molar-refractivity contribution in [2.75, 3.05) is 18.5 Å². The van der Waals surface area contributed by atoms with E-state index in [-0.39, 0.29) is 6.61 Å². The number of aromatic nitrogens is 1. The van der Waals surface area contributed by atoms with Crippen LogP contribution in [-0.4, -0.2) is 23.2 Å². The van der Waals surface area contributed by atoms with Crippen LogP contribution in [0.15, 0.2) is 16.7 Å². The molecule has 0 spiro atoms. The molecular weight excluding hydrogens is 291 g/mol. The van der Waals surface area contributed by atoms with Gasteiger partial charge in [0, 0.05) is 19.3 Å². The number of pyridine rings is 1. The molecule has 0 saturated heterocycles. The van der Waals surface area contributed by atoms with Gasteiger partial charge in [-0.25, -0.2) is 4.98 Å². The summed E-state index contributed by atoms with van der Waals surface area (Å²) in [4.78, 5) is 4.18. The highest BCUT2D eigenvalue weighted by Crippen LogP contribution is 2.23. The van der Waals surface area contributed by atoms with E-state index in [2.05, 4.69) is 26.2 Å². The largest absolute Gasteiger partial charge is 0.396 e. The maximum atomic E-state index is 8.87. The van der Waals surface area contributed by atoms with Gasteiger partial charge in [-0.15, -0.1) is 0 Å². The van der Waals surface area contributed by atoms with Gasteiger partial charge in [-0.3, -0.25) is 0 Å². The fraction of sp³-hybridized carbons (Fsp3) is 0.545. The first-order chi connectivity index (χ1) is 7.63. The first-order valence-corrected chi connectivity index (χ1v) is 6.46. The minimum Gasteiger partial charge on any atom is -0.396 e. The lowest BCUT2D eigenvalue weighted by molar-refractivity contribution is 0.229. The van der Waals surface area contributed by atoms with E-state index in [1.807, 2.05) is 13.0 Å². The summed E-state index contributed by atoms with van der Waals surface area (Å²) in [5, 5.41) is 12.7. The van der Waals surface area contributed by atoms with Gasteiger partial charge in [-0.05, 0) is 40.8 Å². The number of hydrogen-bond donors (Lipinski definition) is 2. The third-order valence-electron chi connectivity index (χ3n) is 2.29. The van der Waals surface area contributed by atoms with Crippen molar-refractivity contribution in [2.45, 2.75) is 19.8 Å². The van der Waals surface area contributed by atoms with Gasteiger partial charge in [-0.2, -0.15) is 0 Å².